The normalized spacial score (nSPS) is 18.0. The molecule has 0 bridgehead atoms. The average Bonchev–Trinajstić information content (AvgIpc) is 3.48. The van der Waals surface area contributed by atoms with E-state index in [1.54, 1.807) is 48.1 Å². The van der Waals surface area contributed by atoms with E-state index >= 15 is 0 Å². The summed E-state index contributed by atoms with van der Waals surface area (Å²) < 4.78 is 1.64. The standard InChI is InChI=1S/C28H32N6O7/c1-18(5-3-4-13-32-17-22(12-14-35)30-31-32)28(39)24-15-23(34(40)41)10-11-25(24)33(27(28)38)16-20-6-8-21(9-7-20)29-26(37)19(2)36/h3,5-11,15,17-19,35-36,39H,4,12-14,16H2,1-2H3,(H,29,37)/b5-3+/t18-,19+,28+/m1/s1. The van der Waals surface area contributed by atoms with Gasteiger partial charge in [0.05, 0.1) is 22.8 Å². The topological polar surface area (TPSA) is 184 Å². The number of nitro benzene ring substituents is 1. The summed E-state index contributed by atoms with van der Waals surface area (Å²) in [6, 6.07) is 10.7. The summed E-state index contributed by atoms with van der Waals surface area (Å²) >= 11 is 0. The van der Waals surface area contributed by atoms with Crippen molar-refractivity contribution in [2.24, 2.45) is 5.92 Å². The quantitative estimate of drug-likeness (QED) is 0.145. The number of aliphatic hydroxyl groups is 3. The van der Waals surface area contributed by atoms with E-state index in [0.717, 1.165) is 0 Å². The fourth-order valence-corrected chi connectivity index (χ4v) is 4.65. The van der Waals surface area contributed by atoms with Gasteiger partial charge in [0.25, 0.3) is 17.5 Å². The van der Waals surface area contributed by atoms with Crippen molar-refractivity contribution in [2.75, 3.05) is 16.8 Å². The minimum atomic E-state index is -2.04. The number of aromatic nitrogens is 3. The van der Waals surface area contributed by atoms with Crippen molar-refractivity contribution in [3.63, 3.8) is 0 Å². The van der Waals surface area contributed by atoms with E-state index in [-0.39, 0.29) is 24.4 Å². The van der Waals surface area contributed by atoms with E-state index in [2.05, 4.69) is 15.6 Å². The van der Waals surface area contributed by atoms with Crippen LogP contribution in [0.3, 0.4) is 0 Å². The molecule has 0 spiro atoms. The third kappa shape index (κ3) is 6.32. The van der Waals surface area contributed by atoms with Gasteiger partial charge in [-0.3, -0.25) is 24.4 Å². The predicted octanol–water partition coefficient (Wildman–Crippen LogP) is 2.06. The van der Waals surface area contributed by atoms with Gasteiger partial charge in [-0.25, -0.2) is 0 Å². The molecule has 0 fully saturated rings. The summed E-state index contributed by atoms with van der Waals surface area (Å²) in [6.45, 7) is 3.58. The van der Waals surface area contributed by atoms with Crippen LogP contribution in [0.25, 0.3) is 0 Å². The minimum absolute atomic E-state index is 0.0210. The summed E-state index contributed by atoms with van der Waals surface area (Å²) in [5, 5.41) is 52.3. The monoisotopic (exact) mass is 564 g/mol. The number of carbonyl (C=O) groups excluding carboxylic acids is 2. The third-order valence-corrected chi connectivity index (χ3v) is 6.97. The SMILES string of the molecule is C[C@H](O)C(=O)Nc1ccc(CN2C(=O)[C@](O)([C@H](C)/C=C/CCn3cc(CCO)nn3)c3cc([N+](=O)[O-])ccc32)cc1. The smallest absolute Gasteiger partial charge is 0.269 e. The Kier molecular flexibility index (Phi) is 8.91. The van der Waals surface area contributed by atoms with Gasteiger partial charge in [0.15, 0.2) is 5.60 Å². The number of carbonyl (C=O) groups is 2. The van der Waals surface area contributed by atoms with Crippen molar-refractivity contribution in [2.45, 2.75) is 51.5 Å². The van der Waals surface area contributed by atoms with Gasteiger partial charge in [-0.05, 0) is 37.1 Å². The molecule has 1 aromatic heterocycles. The molecule has 13 heteroatoms. The van der Waals surface area contributed by atoms with Crippen LogP contribution in [-0.2, 0) is 34.7 Å². The zero-order valence-electron chi connectivity index (χ0n) is 22.7. The lowest BCUT2D eigenvalue weighted by Gasteiger charge is -2.27. The third-order valence-electron chi connectivity index (χ3n) is 6.97. The molecule has 0 aliphatic carbocycles. The summed E-state index contributed by atoms with van der Waals surface area (Å²) in [7, 11) is 0. The van der Waals surface area contributed by atoms with Crippen LogP contribution in [0, 0.1) is 16.0 Å². The van der Waals surface area contributed by atoms with Gasteiger partial charge in [0.1, 0.15) is 6.10 Å². The van der Waals surface area contributed by atoms with Crippen LogP contribution in [0.4, 0.5) is 17.1 Å². The molecule has 41 heavy (non-hydrogen) atoms. The van der Waals surface area contributed by atoms with Crippen molar-refractivity contribution < 1.29 is 29.8 Å². The number of aryl methyl sites for hydroxylation is 1. The number of hydrogen-bond acceptors (Lipinski definition) is 9. The Morgan fingerprint density at radius 2 is 1.95 bits per heavy atom. The Bertz CT molecular complexity index is 1450. The van der Waals surface area contributed by atoms with Gasteiger partial charge in [-0.15, -0.1) is 5.10 Å². The molecule has 0 saturated carbocycles. The molecule has 2 aromatic carbocycles. The highest BCUT2D eigenvalue weighted by Crippen LogP contribution is 2.47. The summed E-state index contributed by atoms with van der Waals surface area (Å²) in [6.07, 6.45) is 5.02. The van der Waals surface area contributed by atoms with E-state index < -0.39 is 34.4 Å². The maximum atomic E-state index is 13.8. The van der Waals surface area contributed by atoms with E-state index in [1.807, 2.05) is 6.08 Å². The number of anilines is 2. The number of benzene rings is 2. The molecule has 13 nitrogen and oxygen atoms in total. The van der Waals surface area contributed by atoms with Crippen LogP contribution >= 0.6 is 0 Å². The van der Waals surface area contributed by atoms with Gasteiger partial charge in [0, 0.05) is 55.1 Å². The second kappa shape index (κ2) is 12.4. The Labute approximate surface area is 235 Å². The first-order chi connectivity index (χ1) is 19.5. The number of amides is 2. The van der Waals surface area contributed by atoms with Crippen LogP contribution in [-0.4, -0.2) is 59.8 Å². The van der Waals surface area contributed by atoms with Crippen molar-refractivity contribution in [1.82, 2.24) is 15.0 Å². The summed E-state index contributed by atoms with van der Waals surface area (Å²) in [5.41, 5.74) is 0.0790. The molecule has 4 N–H and O–H groups in total. The van der Waals surface area contributed by atoms with Gasteiger partial charge < -0.3 is 25.5 Å². The average molecular weight is 565 g/mol. The number of rotatable bonds is 12. The molecular weight excluding hydrogens is 532 g/mol. The van der Waals surface area contributed by atoms with Crippen LogP contribution in [0.15, 0.2) is 60.8 Å². The van der Waals surface area contributed by atoms with Crippen molar-refractivity contribution in [3.8, 4) is 0 Å². The number of hydrogen-bond donors (Lipinski definition) is 4. The fourth-order valence-electron chi connectivity index (χ4n) is 4.65. The molecule has 0 saturated heterocycles. The zero-order valence-corrected chi connectivity index (χ0v) is 22.7. The molecule has 4 rings (SSSR count). The molecule has 216 valence electrons. The van der Waals surface area contributed by atoms with Gasteiger partial charge in [-0.1, -0.05) is 36.4 Å². The second-order valence-corrected chi connectivity index (χ2v) is 9.93. The lowest BCUT2D eigenvalue weighted by molar-refractivity contribution is -0.385. The molecule has 0 radical (unpaired) electrons. The number of aliphatic hydroxyl groups excluding tert-OH is 2. The van der Waals surface area contributed by atoms with E-state index in [1.165, 1.54) is 30.0 Å². The molecule has 1 aliphatic rings. The van der Waals surface area contributed by atoms with E-state index in [0.29, 0.717) is 42.0 Å². The maximum Gasteiger partial charge on any atom is 0.269 e. The predicted molar refractivity (Wildman–Crippen MR) is 149 cm³/mol. The van der Waals surface area contributed by atoms with Crippen LogP contribution < -0.4 is 10.2 Å². The Balaban J connectivity index is 1.54. The van der Waals surface area contributed by atoms with Gasteiger partial charge >= 0.3 is 0 Å². The number of nitrogens with zero attached hydrogens (tertiary/aromatic N) is 5. The lowest BCUT2D eigenvalue weighted by atomic mass is 9.82. The summed E-state index contributed by atoms with van der Waals surface area (Å²) in [4.78, 5) is 37.8. The lowest BCUT2D eigenvalue weighted by Crippen LogP contribution is -2.44. The Morgan fingerprint density at radius 1 is 1.22 bits per heavy atom. The number of allylic oxidation sites excluding steroid dienone is 1. The zero-order chi connectivity index (χ0) is 29.7. The number of nitrogens with one attached hydrogen (secondary N) is 1. The number of fused-ring (bicyclic) bond motifs is 1. The van der Waals surface area contributed by atoms with E-state index in [4.69, 9.17) is 5.11 Å². The summed E-state index contributed by atoms with van der Waals surface area (Å²) in [5.74, 6) is -1.89. The van der Waals surface area contributed by atoms with E-state index in [9.17, 15) is 29.9 Å². The molecular formula is C28H32N6O7. The molecule has 3 atom stereocenters. The van der Waals surface area contributed by atoms with Gasteiger partial charge in [0.2, 0.25) is 0 Å². The minimum Gasteiger partial charge on any atom is -0.396 e. The van der Waals surface area contributed by atoms with Crippen LogP contribution in [0.1, 0.15) is 37.1 Å². The number of non-ortho nitro benzene ring substituents is 1. The van der Waals surface area contributed by atoms with Crippen LogP contribution in [0.2, 0.25) is 0 Å². The first kappa shape index (κ1) is 29.5. The van der Waals surface area contributed by atoms with Crippen molar-refractivity contribution in [3.05, 3.63) is 87.7 Å². The van der Waals surface area contributed by atoms with Gasteiger partial charge in [-0.2, -0.15) is 0 Å². The molecule has 3 aromatic rings. The molecule has 0 unspecified atom stereocenters. The molecule has 1 aliphatic heterocycles. The fraction of sp³-hybridized carbons (Fsp3) is 0.357. The Morgan fingerprint density at radius 3 is 2.61 bits per heavy atom. The first-order valence-electron chi connectivity index (χ1n) is 13.1. The second-order valence-electron chi connectivity index (χ2n) is 9.93. The first-order valence-corrected chi connectivity index (χ1v) is 13.1. The number of nitro groups is 1. The Hall–Kier alpha value is -4.46. The maximum absolute atomic E-state index is 13.8. The molecule has 2 heterocycles. The van der Waals surface area contributed by atoms with Crippen molar-refractivity contribution in [1.29, 1.82) is 0 Å². The highest BCUT2D eigenvalue weighted by Gasteiger charge is 2.53. The van der Waals surface area contributed by atoms with Crippen LogP contribution in [0.5, 0.6) is 0 Å². The highest BCUT2D eigenvalue weighted by molar-refractivity contribution is 6.07. The molecule has 2 amide bonds. The highest BCUT2D eigenvalue weighted by atomic mass is 16.6. The van der Waals surface area contributed by atoms with Crippen molar-refractivity contribution >= 4 is 28.9 Å². The largest absolute Gasteiger partial charge is 0.396 e.